The van der Waals surface area contributed by atoms with Gasteiger partial charge in [-0.1, -0.05) is 76.6 Å². The number of amides is 2. The fourth-order valence-electron chi connectivity index (χ4n) is 4.07. The van der Waals surface area contributed by atoms with Crippen LogP contribution in [-0.4, -0.2) is 24.0 Å². The lowest BCUT2D eigenvalue weighted by atomic mass is 9.95. The van der Waals surface area contributed by atoms with Crippen LogP contribution in [0, 0.1) is 5.92 Å². The molecule has 0 N–H and O–H groups in total. The number of anilines is 2. The van der Waals surface area contributed by atoms with Crippen molar-refractivity contribution in [3.63, 3.8) is 0 Å². The van der Waals surface area contributed by atoms with Gasteiger partial charge in [0.25, 0.3) is 5.91 Å². The highest BCUT2D eigenvalue weighted by atomic mass is 79.9. The molecule has 0 radical (unpaired) electrons. The van der Waals surface area contributed by atoms with Crippen LogP contribution in [0.3, 0.4) is 0 Å². The Hall–Kier alpha value is -3.22. The first-order valence-corrected chi connectivity index (χ1v) is 10.8. The van der Waals surface area contributed by atoms with Crippen LogP contribution < -0.4 is 9.96 Å². The standard InChI is InChI=1S/C25H19BrN2O3/c26-18-12-14-19(15-13-18)27-24(29)22-21(16-11-17-7-3-1-4-8-17)28(31-23(22)25(27)30)20-9-5-2-6-10-20/h1-16,21-23H/b16-11-/t21-,22-,23-/m1/s1. The molecule has 0 bridgehead atoms. The molecule has 2 aliphatic rings. The number of nitrogens with zero attached hydrogens (tertiary/aromatic N) is 2. The van der Waals surface area contributed by atoms with E-state index < -0.39 is 18.1 Å². The molecule has 2 fully saturated rings. The number of hydrogen-bond donors (Lipinski definition) is 0. The van der Waals surface area contributed by atoms with Crippen LogP contribution in [0.5, 0.6) is 0 Å². The lowest BCUT2D eigenvalue weighted by Gasteiger charge is -2.26. The first kappa shape index (κ1) is 19.7. The maximum absolute atomic E-state index is 13.4. The van der Waals surface area contributed by atoms with Crippen molar-refractivity contribution in [2.75, 3.05) is 9.96 Å². The number of halogens is 1. The normalized spacial score (nSPS) is 23.1. The molecule has 0 spiro atoms. The summed E-state index contributed by atoms with van der Waals surface area (Å²) in [6.07, 6.45) is 3.05. The maximum atomic E-state index is 13.4. The molecular weight excluding hydrogens is 456 g/mol. The van der Waals surface area contributed by atoms with Crippen molar-refractivity contribution in [3.8, 4) is 0 Å². The fourth-order valence-corrected chi connectivity index (χ4v) is 4.33. The molecule has 2 heterocycles. The lowest BCUT2D eigenvalue weighted by Crippen LogP contribution is -2.39. The van der Waals surface area contributed by atoms with Crippen molar-refractivity contribution in [1.29, 1.82) is 0 Å². The number of carbonyl (C=O) groups excluding carboxylic acids is 2. The summed E-state index contributed by atoms with van der Waals surface area (Å²) in [5.74, 6) is -1.22. The van der Waals surface area contributed by atoms with Gasteiger partial charge in [0.15, 0.2) is 6.10 Å². The lowest BCUT2D eigenvalue weighted by molar-refractivity contribution is -0.126. The van der Waals surface area contributed by atoms with Gasteiger partial charge in [-0.15, -0.1) is 0 Å². The quantitative estimate of drug-likeness (QED) is 0.507. The summed E-state index contributed by atoms with van der Waals surface area (Å²) in [7, 11) is 0. The molecule has 5 nitrogen and oxygen atoms in total. The van der Waals surface area contributed by atoms with Gasteiger partial charge in [-0.25, -0.2) is 9.96 Å². The van der Waals surface area contributed by atoms with E-state index >= 15 is 0 Å². The van der Waals surface area contributed by atoms with Crippen LogP contribution in [0.25, 0.3) is 6.08 Å². The maximum Gasteiger partial charge on any atom is 0.266 e. The van der Waals surface area contributed by atoms with Crippen molar-refractivity contribution in [3.05, 3.63) is 101 Å². The summed E-state index contributed by atoms with van der Waals surface area (Å²) in [6.45, 7) is 0. The molecule has 6 heteroatoms. The van der Waals surface area contributed by atoms with Crippen LogP contribution in [0.15, 0.2) is 95.5 Å². The fraction of sp³-hybridized carbons (Fsp3) is 0.120. The minimum atomic E-state index is -0.859. The van der Waals surface area contributed by atoms with E-state index in [1.165, 1.54) is 4.90 Å². The van der Waals surface area contributed by atoms with Crippen molar-refractivity contribution < 1.29 is 14.4 Å². The van der Waals surface area contributed by atoms with Gasteiger partial charge in [0.2, 0.25) is 5.91 Å². The molecular formula is C25H19BrN2O3. The second-order valence-corrected chi connectivity index (χ2v) is 8.38. The van der Waals surface area contributed by atoms with E-state index in [0.29, 0.717) is 5.69 Å². The van der Waals surface area contributed by atoms with Crippen molar-refractivity contribution in [2.45, 2.75) is 12.1 Å². The van der Waals surface area contributed by atoms with Gasteiger partial charge < -0.3 is 0 Å². The van der Waals surface area contributed by atoms with E-state index in [1.807, 2.05) is 84.9 Å². The predicted molar refractivity (Wildman–Crippen MR) is 123 cm³/mol. The molecule has 0 unspecified atom stereocenters. The Kier molecular flexibility index (Phi) is 5.18. The van der Waals surface area contributed by atoms with E-state index in [0.717, 1.165) is 15.7 Å². The first-order chi connectivity index (χ1) is 15.1. The number of fused-ring (bicyclic) bond motifs is 1. The number of hydrogen-bond acceptors (Lipinski definition) is 4. The number of carbonyl (C=O) groups is 2. The number of benzene rings is 3. The first-order valence-electron chi connectivity index (χ1n) is 10.0. The van der Waals surface area contributed by atoms with E-state index in [2.05, 4.69) is 15.9 Å². The minimum Gasteiger partial charge on any atom is -0.273 e. The van der Waals surface area contributed by atoms with Crippen molar-refractivity contribution >= 4 is 45.2 Å². The zero-order chi connectivity index (χ0) is 21.4. The van der Waals surface area contributed by atoms with Crippen LogP contribution in [-0.2, 0) is 14.4 Å². The van der Waals surface area contributed by atoms with Gasteiger partial charge in [0, 0.05) is 4.47 Å². The monoisotopic (exact) mass is 474 g/mol. The average Bonchev–Trinajstić information content (AvgIpc) is 3.30. The second-order valence-electron chi connectivity index (χ2n) is 7.46. The summed E-state index contributed by atoms with van der Waals surface area (Å²) >= 11 is 3.39. The third-order valence-corrected chi connectivity index (χ3v) is 6.07. The molecule has 0 saturated carbocycles. The Morgan fingerprint density at radius 1 is 0.774 bits per heavy atom. The Bertz CT molecular complexity index is 1130. The summed E-state index contributed by atoms with van der Waals surface area (Å²) < 4.78 is 0.880. The third-order valence-electron chi connectivity index (χ3n) is 5.54. The van der Waals surface area contributed by atoms with Gasteiger partial charge in [-0.05, 0) is 42.0 Å². The Balaban J connectivity index is 1.52. The third kappa shape index (κ3) is 3.58. The highest BCUT2D eigenvalue weighted by Gasteiger charge is 2.59. The van der Waals surface area contributed by atoms with Gasteiger partial charge in [-0.3, -0.25) is 14.4 Å². The van der Waals surface area contributed by atoms with Crippen molar-refractivity contribution in [1.82, 2.24) is 0 Å². The molecule has 154 valence electrons. The van der Waals surface area contributed by atoms with E-state index in [-0.39, 0.29) is 11.8 Å². The van der Waals surface area contributed by atoms with E-state index in [9.17, 15) is 9.59 Å². The molecule has 5 rings (SSSR count). The molecule has 2 amide bonds. The summed E-state index contributed by atoms with van der Waals surface area (Å²) in [6, 6.07) is 26.1. The van der Waals surface area contributed by atoms with E-state index in [4.69, 9.17) is 4.84 Å². The molecule has 3 aromatic rings. The largest absolute Gasteiger partial charge is 0.273 e. The topological polar surface area (TPSA) is 49.9 Å². The number of para-hydroxylation sites is 1. The number of hydroxylamine groups is 1. The number of imide groups is 1. The Morgan fingerprint density at radius 2 is 1.42 bits per heavy atom. The van der Waals surface area contributed by atoms with Gasteiger partial charge in [0.05, 0.1) is 17.4 Å². The van der Waals surface area contributed by atoms with Crippen LogP contribution in [0.1, 0.15) is 5.56 Å². The van der Waals surface area contributed by atoms with Gasteiger partial charge >= 0.3 is 0 Å². The highest BCUT2D eigenvalue weighted by Crippen LogP contribution is 2.41. The Labute approximate surface area is 188 Å². The molecule has 3 atom stereocenters. The summed E-state index contributed by atoms with van der Waals surface area (Å²) in [5.41, 5.74) is 2.36. The molecule has 31 heavy (non-hydrogen) atoms. The summed E-state index contributed by atoms with van der Waals surface area (Å²) in [4.78, 5) is 34.0. The molecule has 0 aliphatic carbocycles. The summed E-state index contributed by atoms with van der Waals surface area (Å²) in [5, 5.41) is 1.68. The van der Waals surface area contributed by atoms with Gasteiger partial charge in [0.1, 0.15) is 5.92 Å². The number of rotatable bonds is 4. The second kappa shape index (κ2) is 8.13. The minimum absolute atomic E-state index is 0.251. The zero-order valence-electron chi connectivity index (χ0n) is 16.5. The van der Waals surface area contributed by atoms with Crippen molar-refractivity contribution in [2.24, 2.45) is 5.92 Å². The zero-order valence-corrected chi connectivity index (χ0v) is 18.1. The molecule has 3 aromatic carbocycles. The Morgan fingerprint density at radius 3 is 2.10 bits per heavy atom. The average molecular weight is 475 g/mol. The predicted octanol–water partition coefficient (Wildman–Crippen LogP) is 4.84. The van der Waals surface area contributed by atoms with Crippen LogP contribution >= 0.6 is 15.9 Å². The van der Waals surface area contributed by atoms with Crippen LogP contribution in [0.4, 0.5) is 11.4 Å². The smallest absolute Gasteiger partial charge is 0.266 e. The SMILES string of the molecule is O=C1[C@@H]2[C@@H](/C=C\c3ccccc3)N(c3ccccc3)O[C@H]2C(=O)N1c1ccc(Br)cc1. The molecule has 0 aromatic heterocycles. The molecule has 2 aliphatic heterocycles. The molecule has 2 saturated heterocycles. The van der Waals surface area contributed by atoms with Gasteiger partial charge in [-0.2, -0.15) is 0 Å². The van der Waals surface area contributed by atoms with E-state index in [1.54, 1.807) is 17.2 Å². The van der Waals surface area contributed by atoms with Crippen LogP contribution in [0.2, 0.25) is 0 Å². The highest BCUT2D eigenvalue weighted by molar-refractivity contribution is 9.10.